The van der Waals surface area contributed by atoms with Crippen molar-refractivity contribution in [1.82, 2.24) is 10.2 Å². The number of nitrogens with zero attached hydrogens (tertiary/aromatic N) is 1. The van der Waals surface area contributed by atoms with Gasteiger partial charge in [-0.1, -0.05) is 48.0 Å². The first-order valence-electron chi connectivity index (χ1n) is 6.63. The van der Waals surface area contributed by atoms with Crippen molar-refractivity contribution in [2.75, 3.05) is 5.73 Å². The quantitative estimate of drug-likeness (QED) is 0.735. The zero-order valence-corrected chi connectivity index (χ0v) is 11.6. The Morgan fingerprint density at radius 1 is 1.00 bits per heavy atom. The Labute approximate surface area is 118 Å². The molecule has 3 rings (SSSR count). The van der Waals surface area contributed by atoms with Crippen molar-refractivity contribution in [2.45, 2.75) is 13.8 Å². The van der Waals surface area contributed by atoms with Gasteiger partial charge in [-0.25, -0.2) is 0 Å². The zero-order valence-electron chi connectivity index (χ0n) is 11.6. The minimum atomic E-state index is 0.538. The van der Waals surface area contributed by atoms with Crippen LogP contribution in [0.4, 0.5) is 5.82 Å². The Morgan fingerprint density at radius 2 is 1.80 bits per heavy atom. The van der Waals surface area contributed by atoms with Gasteiger partial charge in [0.15, 0.2) is 5.82 Å². The number of nitrogens with two attached hydrogens (primary N) is 1. The number of H-pyrrole nitrogens is 1. The van der Waals surface area contributed by atoms with Crippen molar-refractivity contribution < 1.29 is 0 Å². The average Bonchev–Trinajstić information content (AvgIpc) is 2.81. The normalized spacial score (nSPS) is 10.7. The summed E-state index contributed by atoms with van der Waals surface area (Å²) in [6.45, 7) is 4.17. The van der Waals surface area contributed by atoms with Crippen molar-refractivity contribution in [2.24, 2.45) is 0 Å². The average molecular weight is 263 g/mol. The predicted octanol–water partition coefficient (Wildman–Crippen LogP) is 3.94. The SMILES string of the molecule is Cc1cccc(-c2[nH]nc(N)c2-c2ccccc2C)c1. The van der Waals surface area contributed by atoms with Crippen LogP contribution in [0.3, 0.4) is 0 Å². The van der Waals surface area contributed by atoms with Crippen LogP contribution in [0.25, 0.3) is 22.4 Å². The van der Waals surface area contributed by atoms with E-state index >= 15 is 0 Å². The Balaban J connectivity index is 2.23. The topological polar surface area (TPSA) is 54.7 Å². The molecule has 0 amide bonds. The van der Waals surface area contributed by atoms with Crippen molar-refractivity contribution in [1.29, 1.82) is 0 Å². The first-order chi connectivity index (χ1) is 9.66. The number of aromatic nitrogens is 2. The number of aryl methyl sites for hydroxylation is 2. The van der Waals surface area contributed by atoms with E-state index in [-0.39, 0.29) is 0 Å². The van der Waals surface area contributed by atoms with Crippen molar-refractivity contribution >= 4 is 5.82 Å². The lowest BCUT2D eigenvalue weighted by molar-refractivity contribution is 1.10. The molecule has 20 heavy (non-hydrogen) atoms. The Morgan fingerprint density at radius 3 is 2.55 bits per heavy atom. The molecule has 1 aromatic heterocycles. The maximum Gasteiger partial charge on any atom is 0.153 e. The maximum absolute atomic E-state index is 6.08. The highest BCUT2D eigenvalue weighted by atomic mass is 15.2. The Hall–Kier alpha value is -2.55. The number of hydrogen-bond donors (Lipinski definition) is 2. The van der Waals surface area contributed by atoms with Crippen LogP contribution in [0, 0.1) is 13.8 Å². The van der Waals surface area contributed by atoms with E-state index in [0.717, 1.165) is 22.4 Å². The molecule has 0 atom stereocenters. The van der Waals surface area contributed by atoms with E-state index in [2.05, 4.69) is 54.4 Å². The fraction of sp³-hybridized carbons (Fsp3) is 0.118. The molecule has 3 nitrogen and oxygen atoms in total. The zero-order chi connectivity index (χ0) is 14.1. The van der Waals surface area contributed by atoms with E-state index in [1.165, 1.54) is 11.1 Å². The third-order valence-corrected chi connectivity index (χ3v) is 3.52. The molecule has 0 radical (unpaired) electrons. The summed E-state index contributed by atoms with van der Waals surface area (Å²) in [5, 5.41) is 7.26. The van der Waals surface area contributed by atoms with Gasteiger partial charge in [-0.2, -0.15) is 5.10 Å². The van der Waals surface area contributed by atoms with Crippen LogP contribution < -0.4 is 5.73 Å². The number of hydrogen-bond acceptors (Lipinski definition) is 2. The first kappa shape index (κ1) is 12.5. The molecule has 0 aliphatic rings. The first-order valence-corrected chi connectivity index (χ1v) is 6.63. The fourth-order valence-corrected chi connectivity index (χ4v) is 2.49. The number of nitrogen functional groups attached to an aromatic ring is 1. The summed E-state index contributed by atoms with van der Waals surface area (Å²) in [4.78, 5) is 0. The van der Waals surface area contributed by atoms with Gasteiger partial charge >= 0.3 is 0 Å². The second-order valence-corrected chi connectivity index (χ2v) is 5.04. The molecule has 100 valence electrons. The standard InChI is InChI=1S/C17H17N3/c1-11-6-5-8-13(10-11)16-15(17(18)20-19-16)14-9-4-3-7-12(14)2/h3-10H,1-2H3,(H3,18,19,20). The smallest absolute Gasteiger partial charge is 0.153 e. The number of nitrogens with one attached hydrogen (secondary N) is 1. The fourth-order valence-electron chi connectivity index (χ4n) is 2.49. The third kappa shape index (κ3) is 2.07. The molecule has 0 spiro atoms. The Kier molecular flexibility index (Phi) is 3.03. The van der Waals surface area contributed by atoms with Gasteiger partial charge in [-0.15, -0.1) is 0 Å². The van der Waals surface area contributed by atoms with Crippen LogP contribution in [-0.2, 0) is 0 Å². The summed E-state index contributed by atoms with van der Waals surface area (Å²) in [5.41, 5.74) is 12.7. The van der Waals surface area contributed by atoms with Gasteiger partial charge in [-0.05, 0) is 31.0 Å². The minimum Gasteiger partial charge on any atom is -0.382 e. The molecule has 3 N–H and O–H groups in total. The number of aromatic amines is 1. The molecule has 3 aromatic rings. The van der Waals surface area contributed by atoms with Gasteiger partial charge in [0, 0.05) is 5.56 Å². The highest BCUT2D eigenvalue weighted by Gasteiger charge is 2.16. The lowest BCUT2D eigenvalue weighted by atomic mass is 9.97. The minimum absolute atomic E-state index is 0.538. The molecule has 0 unspecified atom stereocenters. The van der Waals surface area contributed by atoms with E-state index < -0.39 is 0 Å². The van der Waals surface area contributed by atoms with Gasteiger partial charge in [0.25, 0.3) is 0 Å². The van der Waals surface area contributed by atoms with E-state index in [4.69, 9.17) is 5.73 Å². The second-order valence-electron chi connectivity index (χ2n) is 5.04. The molecule has 0 saturated heterocycles. The van der Waals surface area contributed by atoms with E-state index in [0.29, 0.717) is 5.82 Å². The van der Waals surface area contributed by atoms with E-state index in [1.54, 1.807) is 0 Å². The lowest BCUT2D eigenvalue weighted by Crippen LogP contribution is -1.91. The lowest BCUT2D eigenvalue weighted by Gasteiger charge is -2.08. The number of benzene rings is 2. The molecule has 0 fully saturated rings. The molecule has 0 bridgehead atoms. The third-order valence-electron chi connectivity index (χ3n) is 3.52. The molecular weight excluding hydrogens is 246 g/mol. The second kappa shape index (κ2) is 4.85. The van der Waals surface area contributed by atoms with Gasteiger partial charge in [0.2, 0.25) is 0 Å². The van der Waals surface area contributed by atoms with E-state index in [1.807, 2.05) is 18.2 Å². The predicted molar refractivity (Wildman–Crippen MR) is 83.3 cm³/mol. The van der Waals surface area contributed by atoms with Crippen LogP contribution in [0.5, 0.6) is 0 Å². The van der Waals surface area contributed by atoms with Crippen molar-refractivity contribution in [3.8, 4) is 22.4 Å². The summed E-state index contributed by atoms with van der Waals surface area (Å²) >= 11 is 0. The largest absolute Gasteiger partial charge is 0.382 e. The van der Waals surface area contributed by atoms with Gasteiger partial charge in [0.05, 0.1) is 11.3 Å². The highest BCUT2D eigenvalue weighted by Crippen LogP contribution is 2.36. The maximum atomic E-state index is 6.08. The van der Waals surface area contributed by atoms with Crippen LogP contribution in [0.1, 0.15) is 11.1 Å². The molecule has 2 aromatic carbocycles. The monoisotopic (exact) mass is 263 g/mol. The van der Waals surface area contributed by atoms with Crippen LogP contribution in [0.15, 0.2) is 48.5 Å². The highest BCUT2D eigenvalue weighted by molar-refractivity contribution is 5.89. The Bertz CT molecular complexity index is 756. The number of anilines is 1. The van der Waals surface area contributed by atoms with E-state index in [9.17, 15) is 0 Å². The van der Waals surface area contributed by atoms with Crippen LogP contribution in [-0.4, -0.2) is 10.2 Å². The van der Waals surface area contributed by atoms with Gasteiger partial charge in [0.1, 0.15) is 0 Å². The molecule has 1 heterocycles. The molecule has 3 heteroatoms. The summed E-state index contributed by atoms with van der Waals surface area (Å²) in [5.74, 6) is 0.538. The van der Waals surface area contributed by atoms with Gasteiger partial charge in [-0.3, -0.25) is 5.10 Å². The summed E-state index contributed by atoms with van der Waals surface area (Å²) in [6.07, 6.45) is 0. The molecule has 0 aliphatic heterocycles. The molecule has 0 saturated carbocycles. The van der Waals surface area contributed by atoms with Crippen LogP contribution >= 0.6 is 0 Å². The summed E-state index contributed by atoms with van der Waals surface area (Å²) < 4.78 is 0. The van der Waals surface area contributed by atoms with Crippen molar-refractivity contribution in [3.05, 3.63) is 59.7 Å². The summed E-state index contributed by atoms with van der Waals surface area (Å²) in [6, 6.07) is 16.5. The summed E-state index contributed by atoms with van der Waals surface area (Å²) in [7, 11) is 0. The van der Waals surface area contributed by atoms with Crippen molar-refractivity contribution in [3.63, 3.8) is 0 Å². The molecule has 0 aliphatic carbocycles. The van der Waals surface area contributed by atoms with Gasteiger partial charge < -0.3 is 5.73 Å². The van der Waals surface area contributed by atoms with Crippen LogP contribution in [0.2, 0.25) is 0 Å². The molecular formula is C17H17N3. The number of rotatable bonds is 2.